The number of piperidine rings is 2. The Bertz CT molecular complexity index is 979. The van der Waals surface area contributed by atoms with Crippen LogP contribution in [-0.2, 0) is 9.53 Å². The highest BCUT2D eigenvalue weighted by Crippen LogP contribution is 2.27. The molecule has 0 atom stereocenters. The van der Waals surface area contributed by atoms with Crippen LogP contribution in [-0.4, -0.2) is 65.0 Å². The van der Waals surface area contributed by atoms with Gasteiger partial charge < -0.3 is 14.5 Å². The molecule has 31 heavy (non-hydrogen) atoms. The number of rotatable bonds is 3. The zero-order valence-corrected chi connectivity index (χ0v) is 18.8. The van der Waals surface area contributed by atoms with Crippen molar-refractivity contribution in [2.75, 3.05) is 38.2 Å². The zero-order valence-electron chi connectivity index (χ0n) is 18.1. The van der Waals surface area contributed by atoms with E-state index in [4.69, 9.17) is 16.3 Å². The number of aromatic nitrogens is 3. The predicted octanol–water partition coefficient (Wildman–Crippen LogP) is 3.13. The molecule has 164 valence electrons. The van der Waals surface area contributed by atoms with Crippen LogP contribution in [0.3, 0.4) is 0 Å². The summed E-state index contributed by atoms with van der Waals surface area (Å²) in [5.41, 5.74) is 2.75. The van der Waals surface area contributed by atoms with Crippen LogP contribution in [0.25, 0.3) is 0 Å². The van der Waals surface area contributed by atoms with E-state index in [1.807, 2.05) is 21.8 Å². The number of hydrogen-bond donors (Lipinski definition) is 0. The summed E-state index contributed by atoms with van der Waals surface area (Å²) in [5.74, 6) is 6.64. The van der Waals surface area contributed by atoms with Gasteiger partial charge in [-0.15, -0.1) is 0 Å². The Morgan fingerprint density at radius 3 is 2.55 bits per heavy atom. The van der Waals surface area contributed by atoms with Crippen molar-refractivity contribution in [2.24, 2.45) is 0 Å². The smallest absolute Gasteiger partial charge is 0.219 e. The molecule has 0 N–H and O–H groups in total. The summed E-state index contributed by atoms with van der Waals surface area (Å²) >= 11 is 6.18. The number of carbonyl (C=O) groups is 1. The van der Waals surface area contributed by atoms with Crippen LogP contribution in [0.1, 0.15) is 49.8 Å². The van der Waals surface area contributed by atoms with Gasteiger partial charge in [-0.3, -0.25) is 9.48 Å². The number of amides is 1. The van der Waals surface area contributed by atoms with Crippen molar-refractivity contribution < 1.29 is 9.53 Å². The molecule has 2 aliphatic heterocycles. The summed E-state index contributed by atoms with van der Waals surface area (Å²) in [7, 11) is 1.77. The van der Waals surface area contributed by atoms with E-state index in [2.05, 4.69) is 26.8 Å². The first kappa shape index (κ1) is 21.7. The zero-order chi connectivity index (χ0) is 21.8. The van der Waals surface area contributed by atoms with Crippen molar-refractivity contribution in [2.45, 2.75) is 44.8 Å². The summed E-state index contributed by atoms with van der Waals surface area (Å²) in [6.45, 7) is 5.00. The van der Waals surface area contributed by atoms with Gasteiger partial charge in [0.15, 0.2) is 0 Å². The Hall–Kier alpha value is -2.56. The molecule has 0 bridgehead atoms. The standard InChI is InChI=1S/C23H28ClN5O2/c1-17(30)27-9-5-20(6-10-27)29-16-18(14-26-29)3-4-19-15-25-23(24)13-22(19)28-11-7-21(31-2)8-12-28/h13-16,20-21H,5-12H2,1-2H3. The number of halogens is 1. The Labute approximate surface area is 188 Å². The van der Waals surface area contributed by atoms with Gasteiger partial charge in [-0.25, -0.2) is 4.98 Å². The van der Waals surface area contributed by atoms with Crippen molar-refractivity contribution in [3.63, 3.8) is 0 Å². The third-order valence-corrected chi connectivity index (χ3v) is 6.40. The molecule has 2 fully saturated rings. The Morgan fingerprint density at radius 2 is 1.87 bits per heavy atom. The molecule has 2 aromatic heterocycles. The highest BCUT2D eigenvalue weighted by Gasteiger charge is 2.23. The average molecular weight is 442 g/mol. The SMILES string of the molecule is COC1CCN(c2cc(Cl)ncc2C#Cc2cnn(C3CCN(C(C)=O)CC3)c2)CC1. The minimum absolute atomic E-state index is 0.143. The molecule has 0 aromatic carbocycles. The second kappa shape index (κ2) is 9.71. The van der Waals surface area contributed by atoms with Gasteiger partial charge in [0.1, 0.15) is 5.15 Å². The highest BCUT2D eigenvalue weighted by molar-refractivity contribution is 6.29. The molecule has 0 saturated carbocycles. The van der Waals surface area contributed by atoms with Crippen molar-refractivity contribution in [1.29, 1.82) is 0 Å². The molecule has 0 radical (unpaired) electrons. The topological polar surface area (TPSA) is 63.5 Å². The van der Waals surface area contributed by atoms with Crippen LogP contribution in [0.4, 0.5) is 5.69 Å². The molecule has 2 aromatic rings. The number of methoxy groups -OCH3 is 1. The molecule has 0 spiro atoms. The van der Waals surface area contributed by atoms with Gasteiger partial charge in [-0.2, -0.15) is 5.10 Å². The summed E-state index contributed by atoms with van der Waals surface area (Å²) in [6, 6.07) is 2.20. The number of ether oxygens (including phenoxy) is 1. The summed E-state index contributed by atoms with van der Waals surface area (Å²) < 4.78 is 7.47. The van der Waals surface area contributed by atoms with Crippen LogP contribution in [0.2, 0.25) is 5.15 Å². The molecular weight excluding hydrogens is 414 g/mol. The number of pyridine rings is 1. The Morgan fingerprint density at radius 1 is 1.13 bits per heavy atom. The third-order valence-electron chi connectivity index (χ3n) is 6.19. The van der Waals surface area contributed by atoms with E-state index in [0.717, 1.165) is 68.7 Å². The molecule has 7 nitrogen and oxygen atoms in total. The molecule has 2 saturated heterocycles. The summed E-state index contributed by atoms with van der Waals surface area (Å²) in [4.78, 5) is 20.0. The maximum atomic E-state index is 11.5. The van der Waals surface area contributed by atoms with Gasteiger partial charge in [0.25, 0.3) is 0 Å². The highest BCUT2D eigenvalue weighted by atomic mass is 35.5. The number of hydrogen-bond acceptors (Lipinski definition) is 5. The lowest BCUT2D eigenvalue weighted by molar-refractivity contribution is -0.130. The van der Waals surface area contributed by atoms with Gasteiger partial charge in [-0.1, -0.05) is 23.4 Å². The van der Waals surface area contributed by atoms with Gasteiger partial charge in [-0.05, 0) is 25.7 Å². The molecule has 8 heteroatoms. The van der Waals surface area contributed by atoms with Crippen molar-refractivity contribution in [3.05, 3.63) is 40.9 Å². The molecule has 4 heterocycles. The van der Waals surface area contributed by atoms with Crippen molar-refractivity contribution in [1.82, 2.24) is 19.7 Å². The Balaban J connectivity index is 1.47. The molecule has 0 unspecified atom stereocenters. The predicted molar refractivity (Wildman–Crippen MR) is 120 cm³/mol. The molecule has 4 rings (SSSR count). The molecule has 1 amide bonds. The number of likely N-dealkylation sites (tertiary alicyclic amines) is 1. The number of nitrogens with zero attached hydrogens (tertiary/aromatic N) is 5. The Kier molecular flexibility index (Phi) is 6.79. The second-order valence-corrected chi connectivity index (χ2v) is 8.53. The van der Waals surface area contributed by atoms with Gasteiger partial charge in [0, 0.05) is 58.7 Å². The second-order valence-electron chi connectivity index (χ2n) is 8.14. The van der Waals surface area contributed by atoms with Crippen LogP contribution in [0.15, 0.2) is 24.7 Å². The van der Waals surface area contributed by atoms with Crippen molar-refractivity contribution >= 4 is 23.2 Å². The maximum Gasteiger partial charge on any atom is 0.219 e. The quantitative estimate of drug-likeness (QED) is 0.541. The fraction of sp³-hybridized carbons (Fsp3) is 0.522. The largest absolute Gasteiger partial charge is 0.381 e. The number of carbonyl (C=O) groups excluding carboxylic acids is 1. The first-order valence-electron chi connectivity index (χ1n) is 10.8. The first-order valence-corrected chi connectivity index (χ1v) is 11.2. The molecule has 0 aliphatic carbocycles. The van der Waals surface area contributed by atoms with E-state index in [1.54, 1.807) is 26.4 Å². The lowest BCUT2D eigenvalue weighted by atomic mass is 10.1. The van der Waals surface area contributed by atoms with Crippen LogP contribution < -0.4 is 4.90 Å². The minimum atomic E-state index is 0.143. The lowest BCUT2D eigenvalue weighted by Gasteiger charge is -2.33. The fourth-order valence-corrected chi connectivity index (χ4v) is 4.45. The minimum Gasteiger partial charge on any atom is -0.381 e. The van der Waals surface area contributed by atoms with E-state index < -0.39 is 0 Å². The molecule has 2 aliphatic rings. The average Bonchev–Trinajstić information content (AvgIpc) is 3.27. The van der Waals surface area contributed by atoms with E-state index in [9.17, 15) is 4.79 Å². The fourth-order valence-electron chi connectivity index (χ4n) is 4.30. The van der Waals surface area contributed by atoms with E-state index in [1.165, 1.54) is 0 Å². The van der Waals surface area contributed by atoms with Gasteiger partial charge >= 0.3 is 0 Å². The summed E-state index contributed by atoms with van der Waals surface area (Å²) in [6.07, 6.45) is 9.65. The van der Waals surface area contributed by atoms with Gasteiger partial charge in [0.2, 0.25) is 5.91 Å². The van der Waals surface area contributed by atoms with Gasteiger partial charge in [0.05, 0.1) is 35.2 Å². The molecular formula is C23H28ClN5O2. The maximum absolute atomic E-state index is 11.5. The van der Waals surface area contributed by atoms with Crippen LogP contribution in [0, 0.1) is 11.8 Å². The third kappa shape index (κ3) is 5.20. The lowest BCUT2D eigenvalue weighted by Crippen LogP contribution is -2.37. The van der Waals surface area contributed by atoms with E-state index in [0.29, 0.717) is 17.3 Å². The number of anilines is 1. The normalized spacial score (nSPS) is 18.0. The monoisotopic (exact) mass is 441 g/mol. The van der Waals surface area contributed by atoms with Crippen LogP contribution in [0.5, 0.6) is 0 Å². The van der Waals surface area contributed by atoms with E-state index in [-0.39, 0.29) is 5.91 Å². The summed E-state index contributed by atoms with van der Waals surface area (Å²) in [5, 5.41) is 4.99. The van der Waals surface area contributed by atoms with Crippen LogP contribution >= 0.6 is 11.6 Å². The first-order chi connectivity index (χ1) is 15.0. The van der Waals surface area contributed by atoms with Crippen molar-refractivity contribution in [3.8, 4) is 11.8 Å². The van der Waals surface area contributed by atoms with E-state index >= 15 is 0 Å².